The van der Waals surface area contributed by atoms with E-state index in [1.807, 2.05) is 23.1 Å². The molecule has 3 heterocycles. The number of carbonyl (C=O) groups excluding carboxylic acids is 1. The molecule has 0 saturated heterocycles. The average Bonchev–Trinajstić information content (AvgIpc) is 3.10. The average molecular weight is 354 g/mol. The lowest BCUT2D eigenvalue weighted by Gasteiger charge is -2.26. The number of aryl methyl sites for hydroxylation is 1. The van der Waals surface area contributed by atoms with Gasteiger partial charge in [-0.25, -0.2) is 8.42 Å². The highest BCUT2D eigenvalue weighted by Crippen LogP contribution is 2.26. The van der Waals surface area contributed by atoms with Gasteiger partial charge in [-0.2, -0.15) is 9.40 Å². The maximum absolute atomic E-state index is 12.7. The largest absolute Gasteiger partial charge is 0.351 e. The van der Waals surface area contributed by atoms with Crippen molar-refractivity contribution in [2.24, 2.45) is 0 Å². The molecule has 2 aromatic heterocycles. The standard InChI is InChI=1S/C14H18N4O3S2/c1-10-5-14(22-9-10)23(20,21)17-3-4-18-13(8-17)6-12(16-18)7-15-11(2)19/h5-6,9H,3-4,7-8H2,1-2H3,(H,15,19). The molecule has 2 aromatic rings. The van der Waals surface area contributed by atoms with Crippen molar-refractivity contribution < 1.29 is 13.2 Å². The van der Waals surface area contributed by atoms with Crippen molar-refractivity contribution >= 4 is 27.3 Å². The van der Waals surface area contributed by atoms with E-state index < -0.39 is 10.0 Å². The number of amides is 1. The smallest absolute Gasteiger partial charge is 0.252 e. The van der Waals surface area contributed by atoms with Gasteiger partial charge < -0.3 is 5.32 Å². The summed E-state index contributed by atoms with van der Waals surface area (Å²) >= 11 is 1.25. The summed E-state index contributed by atoms with van der Waals surface area (Å²) in [7, 11) is -3.46. The third kappa shape index (κ3) is 3.31. The number of nitrogens with one attached hydrogen (secondary N) is 1. The Morgan fingerprint density at radius 3 is 2.83 bits per heavy atom. The lowest BCUT2D eigenvalue weighted by molar-refractivity contribution is -0.119. The van der Waals surface area contributed by atoms with Crippen LogP contribution in [0.15, 0.2) is 21.7 Å². The van der Waals surface area contributed by atoms with Gasteiger partial charge in [-0.05, 0) is 30.0 Å². The molecular weight excluding hydrogens is 336 g/mol. The van der Waals surface area contributed by atoms with Crippen molar-refractivity contribution in [2.75, 3.05) is 6.54 Å². The molecule has 124 valence electrons. The number of rotatable bonds is 4. The highest BCUT2D eigenvalue weighted by molar-refractivity contribution is 7.91. The van der Waals surface area contributed by atoms with Crippen molar-refractivity contribution in [2.45, 2.75) is 37.7 Å². The van der Waals surface area contributed by atoms with E-state index >= 15 is 0 Å². The number of hydrogen-bond acceptors (Lipinski definition) is 5. The van der Waals surface area contributed by atoms with Crippen LogP contribution in [0.3, 0.4) is 0 Å². The monoisotopic (exact) mass is 354 g/mol. The molecule has 0 aliphatic carbocycles. The van der Waals surface area contributed by atoms with Crippen LogP contribution in [0.1, 0.15) is 23.9 Å². The van der Waals surface area contributed by atoms with Crippen molar-refractivity contribution in [3.05, 3.63) is 34.5 Å². The first kappa shape index (κ1) is 16.2. The number of nitrogens with zero attached hydrogens (tertiary/aromatic N) is 3. The molecule has 0 atom stereocenters. The SMILES string of the molecule is CC(=O)NCc1cc2n(n1)CCN(S(=O)(=O)c1cc(C)cs1)C2. The van der Waals surface area contributed by atoms with Gasteiger partial charge in [-0.3, -0.25) is 9.48 Å². The molecule has 23 heavy (non-hydrogen) atoms. The molecule has 1 N–H and O–H groups in total. The predicted molar refractivity (Wildman–Crippen MR) is 86.4 cm³/mol. The van der Waals surface area contributed by atoms with Gasteiger partial charge in [-0.15, -0.1) is 11.3 Å². The number of aromatic nitrogens is 2. The first-order valence-corrected chi connectivity index (χ1v) is 9.53. The summed E-state index contributed by atoms with van der Waals surface area (Å²) in [5.41, 5.74) is 2.53. The van der Waals surface area contributed by atoms with Crippen LogP contribution < -0.4 is 5.32 Å². The maximum Gasteiger partial charge on any atom is 0.252 e. The maximum atomic E-state index is 12.7. The van der Waals surface area contributed by atoms with Crippen molar-refractivity contribution in [3.63, 3.8) is 0 Å². The second-order valence-corrected chi connectivity index (χ2v) is 8.62. The normalized spacial score (nSPS) is 15.4. The Hall–Kier alpha value is -1.71. The summed E-state index contributed by atoms with van der Waals surface area (Å²) in [6.07, 6.45) is 0. The van der Waals surface area contributed by atoms with E-state index in [1.165, 1.54) is 22.6 Å². The number of sulfonamides is 1. The van der Waals surface area contributed by atoms with Gasteiger partial charge in [0.25, 0.3) is 10.0 Å². The lowest BCUT2D eigenvalue weighted by Crippen LogP contribution is -2.38. The highest BCUT2D eigenvalue weighted by Gasteiger charge is 2.30. The summed E-state index contributed by atoms with van der Waals surface area (Å²) in [5, 5.41) is 8.94. The zero-order valence-electron chi connectivity index (χ0n) is 12.9. The van der Waals surface area contributed by atoms with Crippen LogP contribution in [0.25, 0.3) is 0 Å². The van der Waals surface area contributed by atoms with Gasteiger partial charge in [0.1, 0.15) is 4.21 Å². The molecular formula is C14H18N4O3S2. The predicted octanol–water partition coefficient (Wildman–Crippen LogP) is 1.09. The Morgan fingerprint density at radius 2 is 2.17 bits per heavy atom. The molecule has 9 heteroatoms. The van der Waals surface area contributed by atoms with Crippen LogP contribution in [0.5, 0.6) is 0 Å². The third-order valence-corrected chi connectivity index (χ3v) is 7.01. The number of hydrogen-bond donors (Lipinski definition) is 1. The van der Waals surface area contributed by atoms with Crippen molar-refractivity contribution in [3.8, 4) is 0 Å². The molecule has 1 aliphatic heterocycles. The Bertz CT molecular complexity index is 838. The zero-order chi connectivity index (χ0) is 16.6. The van der Waals surface area contributed by atoms with Crippen LogP contribution >= 0.6 is 11.3 Å². The fraction of sp³-hybridized carbons (Fsp3) is 0.429. The van der Waals surface area contributed by atoms with Crippen LogP contribution in [0.4, 0.5) is 0 Å². The molecule has 0 unspecified atom stereocenters. The van der Waals surface area contributed by atoms with Crippen molar-refractivity contribution in [1.82, 2.24) is 19.4 Å². The molecule has 1 aliphatic rings. The highest BCUT2D eigenvalue weighted by atomic mass is 32.2. The minimum Gasteiger partial charge on any atom is -0.351 e. The van der Waals surface area contributed by atoms with Gasteiger partial charge in [0, 0.05) is 13.5 Å². The minimum absolute atomic E-state index is 0.117. The summed E-state index contributed by atoms with van der Waals surface area (Å²) in [6, 6.07) is 3.55. The van der Waals surface area contributed by atoms with E-state index in [-0.39, 0.29) is 5.91 Å². The molecule has 0 fully saturated rings. The van der Waals surface area contributed by atoms with E-state index in [0.29, 0.717) is 30.4 Å². The molecule has 0 radical (unpaired) electrons. The second kappa shape index (κ2) is 6.06. The van der Waals surface area contributed by atoms with E-state index in [2.05, 4.69) is 10.4 Å². The molecule has 0 bridgehead atoms. The molecule has 0 aromatic carbocycles. The van der Waals surface area contributed by atoms with E-state index in [9.17, 15) is 13.2 Å². The quantitative estimate of drug-likeness (QED) is 0.891. The Kier molecular flexibility index (Phi) is 4.26. The van der Waals surface area contributed by atoms with Gasteiger partial charge in [0.15, 0.2) is 0 Å². The summed E-state index contributed by atoms with van der Waals surface area (Å²) in [5.74, 6) is -0.117. The fourth-order valence-electron chi connectivity index (χ4n) is 2.48. The van der Waals surface area contributed by atoms with Gasteiger partial charge in [0.2, 0.25) is 5.91 Å². The van der Waals surface area contributed by atoms with Gasteiger partial charge in [0.05, 0.1) is 31.0 Å². The van der Waals surface area contributed by atoms with Crippen LogP contribution in [0, 0.1) is 6.92 Å². The second-order valence-electron chi connectivity index (χ2n) is 5.54. The fourth-order valence-corrected chi connectivity index (χ4v) is 5.26. The zero-order valence-corrected chi connectivity index (χ0v) is 14.6. The third-order valence-electron chi connectivity index (χ3n) is 3.63. The number of fused-ring (bicyclic) bond motifs is 1. The Morgan fingerprint density at radius 1 is 1.39 bits per heavy atom. The van der Waals surface area contributed by atoms with Crippen molar-refractivity contribution in [1.29, 1.82) is 0 Å². The van der Waals surface area contributed by atoms with Crippen LogP contribution in [0.2, 0.25) is 0 Å². The summed E-state index contributed by atoms with van der Waals surface area (Å²) < 4.78 is 29.0. The molecule has 1 amide bonds. The molecule has 7 nitrogen and oxygen atoms in total. The van der Waals surface area contributed by atoms with E-state index in [0.717, 1.165) is 17.0 Å². The molecule has 3 rings (SSSR count). The van der Waals surface area contributed by atoms with Crippen LogP contribution in [-0.2, 0) is 34.5 Å². The number of thiophene rings is 1. The Labute approximate surface area is 139 Å². The summed E-state index contributed by atoms with van der Waals surface area (Å²) in [6.45, 7) is 4.90. The molecule has 0 saturated carbocycles. The Balaban J connectivity index is 1.78. The lowest BCUT2D eigenvalue weighted by atomic mass is 10.3. The van der Waals surface area contributed by atoms with Gasteiger partial charge >= 0.3 is 0 Å². The first-order valence-electron chi connectivity index (χ1n) is 7.21. The number of carbonyl (C=O) groups is 1. The van der Waals surface area contributed by atoms with E-state index in [4.69, 9.17) is 0 Å². The van der Waals surface area contributed by atoms with E-state index in [1.54, 1.807) is 6.07 Å². The van der Waals surface area contributed by atoms with Crippen LogP contribution in [-0.4, -0.2) is 35.0 Å². The molecule has 0 spiro atoms. The minimum atomic E-state index is -3.46. The first-order chi connectivity index (χ1) is 10.9. The van der Waals surface area contributed by atoms with Gasteiger partial charge in [-0.1, -0.05) is 0 Å². The topological polar surface area (TPSA) is 84.3 Å². The summed E-state index contributed by atoms with van der Waals surface area (Å²) in [4.78, 5) is 11.0.